The average molecular weight is 380 g/mol. The molecule has 0 bridgehead atoms. The average Bonchev–Trinajstić information content (AvgIpc) is 3.27. The first kappa shape index (κ1) is 19.3. The molecule has 1 aliphatic carbocycles. The lowest BCUT2D eigenvalue weighted by Gasteiger charge is -2.39. The molecule has 1 aromatic rings. The second-order valence-corrected chi connectivity index (χ2v) is 7.90. The summed E-state index contributed by atoms with van der Waals surface area (Å²) in [5.74, 6) is 0.899. The van der Waals surface area contributed by atoms with Gasteiger partial charge in [0.15, 0.2) is 0 Å². The summed E-state index contributed by atoms with van der Waals surface area (Å²) < 4.78 is 5.55. The van der Waals surface area contributed by atoms with Gasteiger partial charge < -0.3 is 20.3 Å². The van der Waals surface area contributed by atoms with Crippen molar-refractivity contribution in [3.63, 3.8) is 0 Å². The predicted molar refractivity (Wildman–Crippen MR) is 105 cm³/mol. The summed E-state index contributed by atoms with van der Waals surface area (Å²) in [7, 11) is 1.71. The molecular weight excluding hydrogens is 350 g/mol. The molecular formula is C20H30ClN3O2. The number of hydrogen-bond donors (Lipinski definition) is 2. The molecule has 2 N–H and O–H groups in total. The van der Waals surface area contributed by atoms with Crippen LogP contribution in [-0.4, -0.2) is 44.2 Å². The summed E-state index contributed by atoms with van der Waals surface area (Å²) >= 11 is 0. The van der Waals surface area contributed by atoms with Gasteiger partial charge in [0.1, 0.15) is 5.75 Å². The van der Waals surface area contributed by atoms with E-state index in [1.54, 1.807) is 7.11 Å². The maximum absolute atomic E-state index is 12.7. The zero-order valence-corrected chi connectivity index (χ0v) is 16.4. The number of carbonyl (C=O) groups excluding carboxylic acids is 1. The highest BCUT2D eigenvalue weighted by atomic mass is 35.5. The molecule has 3 aliphatic rings. The normalized spacial score (nSPS) is 24.3. The van der Waals surface area contributed by atoms with E-state index in [0.717, 1.165) is 56.8 Å². The Kier molecular flexibility index (Phi) is 5.98. The summed E-state index contributed by atoms with van der Waals surface area (Å²) in [6.07, 6.45) is 7.04. The zero-order valence-electron chi connectivity index (χ0n) is 15.6. The van der Waals surface area contributed by atoms with Crippen molar-refractivity contribution in [2.24, 2.45) is 5.41 Å². The number of nitrogens with zero attached hydrogens (tertiary/aromatic N) is 1. The van der Waals surface area contributed by atoms with Gasteiger partial charge in [0.2, 0.25) is 0 Å². The molecule has 2 amide bonds. The van der Waals surface area contributed by atoms with Crippen molar-refractivity contribution in [2.75, 3.05) is 33.3 Å². The third-order valence-electron chi connectivity index (χ3n) is 6.21. The van der Waals surface area contributed by atoms with Gasteiger partial charge in [-0.1, -0.05) is 6.07 Å². The molecule has 0 saturated carbocycles. The van der Waals surface area contributed by atoms with E-state index in [4.69, 9.17) is 4.74 Å². The van der Waals surface area contributed by atoms with Crippen molar-refractivity contribution in [1.29, 1.82) is 0 Å². The maximum Gasteiger partial charge on any atom is 0.317 e. The highest BCUT2D eigenvalue weighted by Crippen LogP contribution is 2.35. The lowest BCUT2D eigenvalue weighted by atomic mass is 9.79. The second kappa shape index (κ2) is 8.05. The first-order valence-electron chi connectivity index (χ1n) is 9.61. The smallest absolute Gasteiger partial charge is 0.317 e. The van der Waals surface area contributed by atoms with Gasteiger partial charge in [-0.05, 0) is 62.3 Å². The Labute approximate surface area is 162 Å². The summed E-state index contributed by atoms with van der Waals surface area (Å²) in [6, 6.07) is 4.44. The number of halogens is 1. The first-order valence-corrected chi connectivity index (χ1v) is 9.61. The molecule has 2 heterocycles. The van der Waals surface area contributed by atoms with E-state index in [1.165, 1.54) is 30.4 Å². The van der Waals surface area contributed by atoms with Crippen LogP contribution in [-0.2, 0) is 19.4 Å². The molecule has 0 radical (unpaired) electrons. The molecule has 5 nitrogen and oxygen atoms in total. The maximum atomic E-state index is 12.7. The Balaban J connectivity index is 0.00000196. The minimum atomic E-state index is 0. The Bertz CT molecular complexity index is 659. The number of benzene rings is 1. The van der Waals surface area contributed by atoms with Crippen LogP contribution in [0.4, 0.5) is 4.79 Å². The van der Waals surface area contributed by atoms with Crippen LogP contribution in [0.25, 0.3) is 0 Å². The van der Waals surface area contributed by atoms with Crippen molar-refractivity contribution in [1.82, 2.24) is 15.5 Å². The predicted octanol–water partition coefficient (Wildman–Crippen LogP) is 2.89. The van der Waals surface area contributed by atoms with Gasteiger partial charge in [-0.15, -0.1) is 12.4 Å². The topological polar surface area (TPSA) is 53.6 Å². The fourth-order valence-corrected chi connectivity index (χ4v) is 4.79. The fraction of sp³-hybridized carbons (Fsp3) is 0.650. The molecule has 2 saturated heterocycles. The van der Waals surface area contributed by atoms with Crippen molar-refractivity contribution < 1.29 is 9.53 Å². The van der Waals surface area contributed by atoms with Crippen LogP contribution in [0.15, 0.2) is 12.1 Å². The van der Waals surface area contributed by atoms with Gasteiger partial charge in [0, 0.05) is 37.2 Å². The first-order chi connectivity index (χ1) is 12.2. The largest absolute Gasteiger partial charge is 0.496 e. The number of fused-ring (bicyclic) bond motifs is 1. The summed E-state index contributed by atoms with van der Waals surface area (Å²) in [5, 5.41) is 6.59. The van der Waals surface area contributed by atoms with Gasteiger partial charge in [-0.25, -0.2) is 4.79 Å². The quantitative estimate of drug-likeness (QED) is 0.849. The van der Waals surface area contributed by atoms with Gasteiger partial charge in [-0.2, -0.15) is 0 Å². The molecule has 1 aromatic carbocycles. The van der Waals surface area contributed by atoms with Crippen LogP contribution < -0.4 is 15.4 Å². The number of rotatable bonds is 3. The Hall–Kier alpha value is -1.46. The Morgan fingerprint density at radius 3 is 2.81 bits per heavy atom. The lowest BCUT2D eigenvalue weighted by molar-refractivity contribution is 0.118. The van der Waals surface area contributed by atoms with E-state index < -0.39 is 0 Å². The number of ether oxygens (including phenoxy) is 1. The van der Waals surface area contributed by atoms with Gasteiger partial charge in [0.25, 0.3) is 0 Å². The number of nitrogens with one attached hydrogen (secondary N) is 2. The number of piperidine rings is 1. The molecule has 1 unspecified atom stereocenters. The van der Waals surface area contributed by atoms with Crippen molar-refractivity contribution in [3.8, 4) is 5.75 Å². The van der Waals surface area contributed by atoms with Crippen molar-refractivity contribution in [3.05, 3.63) is 28.8 Å². The molecule has 26 heavy (non-hydrogen) atoms. The van der Waals surface area contributed by atoms with E-state index in [1.807, 2.05) is 4.90 Å². The van der Waals surface area contributed by atoms with E-state index in [-0.39, 0.29) is 18.4 Å². The van der Waals surface area contributed by atoms with Crippen LogP contribution in [0.2, 0.25) is 0 Å². The molecule has 2 fully saturated rings. The van der Waals surface area contributed by atoms with E-state index in [2.05, 4.69) is 22.8 Å². The molecule has 6 heteroatoms. The Morgan fingerprint density at radius 1 is 1.27 bits per heavy atom. The number of amides is 2. The highest BCUT2D eigenvalue weighted by Gasteiger charge is 2.39. The molecule has 1 spiro atoms. The van der Waals surface area contributed by atoms with Crippen LogP contribution in [0.1, 0.15) is 42.4 Å². The Morgan fingerprint density at radius 2 is 2.08 bits per heavy atom. The van der Waals surface area contributed by atoms with Crippen LogP contribution in [0, 0.1) is 5.41 Å². The summed E-state index contributed by atoms with van der Waals surface area (Å²) in [5.41, 5.74) is 4.21. The van der Waals surface area contributed by atoms with E-state index in [0.29, 0.717) is 12.0 Å². The minimum Gasteiger partial charge on any atom is -0.496 e. The highest BCUT2D eigenvalue weighted by molar-refractivity contribution is 5.85. The number of aryl methyl sites for hydroxylation is 2. The van der Waals surface area contributed by atoms with Gasteiger partial charge >= 0.3 is 6.03 Å². The molecule has 144 valence electrons. The summed E-state index contributed by atoms with van der Waals surface area (Å²) in [4.78, 5) is 14.7. The van der Waals surface area contributed by atoms with E-state index in [9.17, 15) is 4.79 Å². The van der Waals surface area contributed by atoms with Crippen LogP contribution in [0.3, 0.4) is 0 Å². The fourth-order valence-electron chi connectivity index (χ4n) is 4.79. The van der Waals surface area contributed by atoms with Gasteiger partial charge in [-0.3, -0.25) is 0 Å². The number of urea groups is 1. The molecule has 1 atom stereocenters. The van der Waals surface area contributed by atoms with Crippen LogP contribution >= 0.6 is 12.4 Å². The molecule has 0 aromatic heterocycles. The van der Waals surface area contributed by atoms with Crippen LogP contribution in [0.5, 0.6) is 5.75 Å². The third-order valence-corrected chi connectivity index (χ3v) is 6.21. The number of likely N-dealkylation sites (tertiary alicyclic amines) is 1. The third kappa shape index (κ3) is 3.79. The van der Waals surface area contributed by atoms with Gasteiger partial charge in [0.05, 0.1) is 7.11 Å². The number of methoxy groups -OCH3 is 1. The monoisotopic (exact) mass is 379 g/mol. The lowest BCUT2D eigenvalue weighted by Crippen LogP contribution is -2.50. The molecule has 2 aliphatic heterocycles. The zero-order chi connectivity index (χ0) is 17.3. The van der Waals surface area contributed by atoms with Crippen molar-refractivity contribution in [2.45, 2.75) is 45.1 Å². The molecule has 4 rings (SSSR count). The standard InChI is InChI=1S/C20H29N3O2.ClH/c1-25-18-11-16-5-2-4-15(16)10-17(18)12-22-19(24)23-9-3-6-20(14-23)7-8-21-13-20;/h10-11,21H,2-9,12-14H2,1H3,(H,22,24);1H. The van der Waals surface area contributed by atoms with Crippen molar-refractivity contribution >= 4 is 18.4 Å². The number of hydrogen-bond acceptors (Lipinski definition) is 3. The number of carbonyl (C=O) groups is 1. The summed E-state index contributed by atoms with van der Waals surface area (Å²) in [6.45, 7) is 4.43. The second-order valence-electron chi connectivity index (χ2n) is 7.90. The SMILES string of the molecule is COc1cc2c(cc1CNC(=O)N1CCCC3(CCNC3)C1)CCC2.Cl. The van der Waals surface area contributed by atoms with E-state index >= 15 is 0 Å². The minimum absolute atomic E-state index is 0.